The van der Waals surface area contributed by atoms with Gasteiger partial charge in [0.1, 0.15) is 17.1 Å². The lowest BCUT2D eigenvalue weighted by molar-refractivity contribution is 0.0697. The van der Waals surface area contributed by atoms with Gasteiger partial charge in [-0.15, -0.1) is 0 Å². The minimum Gasteiger partial charge on any atom is -0.497 e. The minimum absolute atomic E-state index is 0.158. The number of hydrogen-bond donors (Lipinski definition) is 1. The van der Waals surface area contributed by atoms with E-state index < -0.39 is 5.97 Å². The quantitative estimate of drug-likeness (QED) is 0.785. The summed E-state index contributed by atoms with van der Waals surface area (Å²) in [5.41, 5.74) is 2.56. The first-order chi connectivity index (χ1) is 10.1. The Labute approximate surface area is 121 Å². The number of fused-ring (bicyclic) bond motifs is 1. The van der Waals surface area contributed by atoms with Crippen molar-refractivity contribution in [1.82, 2.24) is 0 Å². The van der Waals surface area contributed by atoms with Crippen LogP contribution in [-0.2, 0) is 0 Å². The Morgan fingerprint density at radius 2 is 1.95 bits per heavy atom. The van der Waals surface area contributed by atoms with Crippen molar-refractivity contribution in [3.63, 3.8) is 0 Å². The molecule has 0 atom stereocenters. The maximum absolute atomic E-state index is 11.4. The lowest BCUT2D eigenvalue weighted by Crippen LogP contribution is -2.00. The van der Waals surface area contributed by atoms with Crippen LogP contribution in [0.15, 0.2) is 46.9 Å². The number of carboxylic acid groups (broad SMARTS) is 1. The molecule has 0 spiro atoms. The summed E-state index contributed by atoms with van der Waals surface area (Å²) < 4.78 is 10.8. The third kappa shape index (κ3) is 2.36. The number of aryl methyl sites for hydroxylation is 1. The molecule has 3 rings (SSSR count). The van der Waals surface area contributed by atoms with Crippen molar-refractivity contribution in [2.24, 2.45) is 0 Å². The smallest absolute Gasteiger partial charge is 0.336 e. The van der Waals surface area contributed by atoms with Gasteiger partial charge in [-0.2, -0.15) is 0 Å². The molecular weight excluding hydrogens is 268 g/mol. The number of carbonyl (C=O) groups is 1. The molecule has 0 bridgehead atoms. The highest BCUT2D eigenvalue weighted by Crippen LogP contribution is 2.32. The fourth-order valence-electron chi connectivity index (χ4n) is 2.34. The lowest BCUT2D eigenvalue weighted by Gasteiger charge is -2.06. The Morgan fingerprint density at radius 3 is 2.67 bits per heavy atom. The number of rotatable bonds is 3. The molecule has 4 nitrogen and oxygen atoms in total. The Morgan fingerprint density at radius 1 is 1.14 bits per heavy atom. The highest BCUT2D eigenvalue weighted by Gasteiger charge is 2.16. The second-order valence-electron chi connectivity index (χ2n) is 4.87. The van der Waals surface area contributed by atoms with Crippen molar-refractivity contribution < 1.29 is 19.1 Å². The van der Waals surface area contributed by atoms with Gasteiger partial charge in [0.25, 0.3) is 0 Å². The summed E-state index contributed by atoms with van der Waals surface area (Å²) in [4.78, 5) is 11.4. The summed E-state index contributed by atoms with van der Waals surface area (Å²) in [6, 6.07) is 12.6. The molecule has 0 amide bonds. The molecule has 0 saturated carbocycles. The number of hydrogen-bond acceptors (Lipinski definition) is 3. The van der Waals surface area contributed by atoms with E-state index in [2.05, 4.69) is 0 Å². The molecule has 1 aromatic heterocycles. The van der Waals surface area contributed by atoms with Crippen LogP contribution in [-0.4, -0.2) is 18.2 Å². The molecule has 0 aliphatic rings. The summed E-state index contributed by atoms with van der Waals surface area (Å²) in [5.74, 6) is 0.0271. The predicted molar refractivity (Wildman–Crippen MR) is 79.9 cm³/mol. The van der Waals surface area contributed by atoms with Crippen LogP contribution < -0.4 is 4.74 Å². The first kappa shape index (κ1) is 13.2. The first-order valence-electron chi connectivity index (χ1n) is 6.50. The summed E-state index contributed by atoms with van der Waals surface area (Å²) >= 11 is 0. The van der Waals surface area contributed by atoms with Crippen molar-refractivity contribution in [2.75, 3.05) is 7.11 Å². The lowest BCUT2D eigenvalue weighted by atomic mass is 10.0. The zero-order valence-electron chi connectivity index (χ0n) is 11.7. The van der Waals surface area contributed by atoms with Gasteiger partial charge in [-0.1, -0.05) is 11.6 Å². The Balaban J connectivity index is 2.19. The van der Waals surface area contributed by atoms with Crippen molar-refractivity contribution in [1.29, 1.82) is 0 Å². The highest BCUT2D eigenvalue weighted by molar-refractivity contribution is 5.97. The molecule has 0 saturated heterocycles. The third-order valence-corrected chi connectivity index (χ3v) is 3.39. The number of carboxylic acids is 1. The number of benzene rings is 2. The maximum Gasteiger partial charge on any atom is 0.336 e. The van der Waals surface area contributed by atoms with Gasteiger partial charge in [-0.05, 0) is 43.3 Å². The van der Waals surface area contributed by atoms with Gasteiger partial charge in [-0.3, -0.25) is 0 Å². The molecule has 106 valence electrons. The SMILES string of the molecule is COc1ccc(-c2cc3cc(C)ccc3o2)c(C(=O)O)c1. The molecule has 0 unspecified atom stereocenters. The Kier molecular flexibility index (Phi) is 3.14. The Hall–Kier alpha value is -2.75. The molecule has 1 N–H and O–H groups in total. The average Bonchev–Trinajstić information content (AvgIpc) is 2.89. The van der Waals surface area contributed by atoms with E-state index in [9.17, 15) is 9.90 Å². The van der Waals surface area contributed by atoms with E-state index in [1.54, 1.807) is 12.1 Å². The zero-order chi connectivity index (χ0) is 15.0. The van der Waals surface area contributed by atoms with Crippen molar-refractivity contribution in [3.8, 4) is 17.1 Å². The third-order valence-electron chi connectivity index (χ3n) is 3.39. The fourth-order valence-corrected chi connectivity index (χ4v) is 2.34. The summed E-state index contributed by atoms with van der Waals surface area (Å²) in [5, 5.41) is 10.3. The average molecular weight is 282 g/mol. The van der Waals surface area contributed by atoms with Gasteiger partial charge in [0, 0.05) is 10.9 Å². The van der Waals surface area contributed by atoms with Crippen LogP contribution >= 0.6 is 0 Å². The van der Waals surface area contributed by atoms with E-state index in [-0.39, 0.29) is 5.56 Å². The number of aromatic carboxylic acids is 1. The molecule has 0 radical (unpaired) electrons. The zero-order valence-corrected chi connectivity index (χ0v) is 11.7. The molecule has 4 heteroatoms. The monoisotopic (exact) mass is 282 g/mol. The van der Waals surface area contributed by atoms with Crippen LogP contribution in [0.2, 0.25) is 0 Å². The normalized spacial score (nSPS) is 10.8. The van der Waals surface area contributed by atoms with Gasteiger partial charge < -0.3 is 14.3 Å². The molecule has 0 aliphatic carbocycles. The van der Waals surface area contributed by atoms with E-state index in [0.29, 0.717) is 17.1 Å². The fraction of sp³-hybridized carbons (Fsp3) is 0.118. The van der Waals surface area contributed by atoms with Crippen molar-refractivity contribution in [3.05, 3.63) is 53.6 Å². The molecule has 0 aliphatic heterocycles. The molecule has 0 fully saturated rings. The largest absolute Gasteiger partial charge is 0.497 e. The van der Waals surface area contributed by atoms with Gasteiger partial charge in [0.15, 0.2) is 0 Å². The van der Waals surface area contributed by atoms with E-state index in [1.165, 1.54) is 13.2 Å². The molecule has 21 heavy (non-hydrogen) atoms. The van der Waals surface area contributed by atoms with Crippen molar-refractivity contribution >= 4 is 16.9 Å². The standard InChI is InChI=1S/C17H14O4/c1-10-3-6-15-11(7-10)8-16(21-15)13-5-4-12(20-2)9-14(13)17(18)19/h3-9H,1-2H3,(H,18,19). The van der Waals surface area contributed by atoms with Crippen LogP contribution in [0.1, 0.15) is 15.9 Å². The maximum atomic E-state index is 11.4. The number of methoxy groups -OCH3 is 1. The Bertz CT molecular complexity index is 830. The second kappa shape index (κ2) is 4.98. The van der Waals surface area contributed by atoms with Crippen LogP contribution in [0.5, 0.6) is 5.75 Å². The highest BCUT2D eigenvalue weighted by atomic mass is 16.5. The first-order valence-corrected chi connectivity index (χ1v) is 6.50. The number of ether oxygens (including phenoxy) is 1. The van der Waals surface area contributed by atoms with Gasteiger partial charge in [-0.25, -0.2) is 4.79 Å². The van der Waals surface area contributed by atoms with Crippen LogP contribution in [0, 0.1) is 6.92 Å². The molecular formula is C17H14O4. The van der Waals surface area contributed by atoms with Gasteiger partial charge in [0.05, 0.1) is 12.7 Å². The van der Waals surface area contributed by atoms with Crippen molar-refractivity contribution in [2.45, 2.75) is 6.92 Å². The summed E-state index contributed by atoms with van der Waals surface area (Å²) in [6.45, 7) is 2.00. The summed E-state index contributed by atoms with van der Waals surface area (Å²) in [7, 11) is 1.50. The van der Waals surface area contributed by atoms with Gasteiger partial charge >= 0.3 is 5.97 Å². The molecule has 2 aromatic carbocycles. The van der Waals surface area contributed by atoms with Gasteiger partial charge in [0.2, 0.25) is 0 Å². The summed E-state index contributed by atoms with van der Waals surface area (Å²) in [6.07, 6.45) is 0. The van der Waals surface area contributed by atoms with E-state index in [4.69, 9.17) is 9.15 Å². The van der Waals surface area contributed by atoms with Crippen LogP contribution in [0.3, 0.4) is 0 Å². The number of furan rings is 1. The molecule has 3 aromatic rings. The van der Waals surface area contributed by atoms with Crippen LogP contribution in [0.4, 0.5) is 0 Å². The van der Waals surface area contributed by atoms with E-state index >= 15 is 0 Å². The van der Waals surface area contributed by atoms with E-state index in [0.717, 1.165) is 16.5 Å². The second-order valence-corrected chi connectivity index (χ2v) is 4.87. The van der Waals surface area contributed by atoms with E-state index in [1.807, 2.05) is 31.2 Å². The molecule has 1 heterocycles. The minimum atomic E-state index is -1.01. The predicted octanol–water partition coefficient (Wildman–Crippen LogP) is 4.12. The topological polar surface area (TPSA) is 59.7 Å². The van der Waals surface area contributed by atoms with Crippen LogP contribution in [0.25, 0.3) is 22.3 Å².